The van der Waals surface area contributed by atoms with E-state index >= 15 is 0 Å². The van der Waals surface area contributed by atoms with E-state index in [2.05, 4.69) is 26.6 Å². The summed E-state index contributed by atoms with van der Waals surface area (Å²) in [4.78, 5) is 19.8. The number of carbonyl (C=O) groups excluding carboxylic acids is 1. The number of imidazole rings is 1. The van der Waals surface area contributed by atoms with Gasteiger partial charge in [-0.05, 0) is 90.1 Å². The fourth-order valence-electron chi connectivity index (χ4n) is 4.98. The standard InChI is InChI=1S/C29H29BrClN3O2/c1-19-15-22(16-20(2)28(19)31)36-14-8-7-13-33-26-12-6-4-10-24(26)32-29(33)21-17-27(35)34(18-21)25-11-5-3-9-23(25)30/h3-6,9-12,15-16,21H,7-8,13-14,17-18H2,1-2H3. The van der Waals surface area contributed by atoms with Gasteiger partial charge < -0.3 is 14.2 Å². The number of fused-ring (bicyclic) bond motifs is 1. The second-order valence-corrected chi connectivity index (χ2v) is 10.6. The summed E-state index contributed by atoms with van der Waals surface area (Å²) < 4.78 is 9.24. The molecule has 0 bridgehead atoms. The molecule has 4 aromatic rings. The number of benzene rings is 3. The minimum Gasteiger partial charge on any atom is -0.494 e. The van der Waals surface area contributed by atoms with Crippen LogP contribution in [0.25, 0.3) is 11.0 Å². The number of para-hydroxylation sites is 3. The highest BCUT2D eigenvalue weighted by atomic mass is 79.9. The van der Waals surface area contributed by atoms with E-state index in [0.29, 0.717) is 19.6 Å². The zero-order valence-electron chi connectivity index (χ0n) is 20.5. The molecular weight excluding hydrogens is 538 g/mol. The lowest BCUT2D eigenvalue weighted by Crippen LogP contribution is -2.25. The summed E-state index contributed by atoms with van der Waals surface area (Å²) in [5, 5.41) is 0.797. The maximum atomic E-state index is 13.0. The molecule has 0 N–H and O–H groups in total. The van der Waals surface area contributed by atoms with Gasteiger partial charge in [-0.3, -0.25) is 4.79 Å². The molecule has 0 saturated carbocycles. The van der Waals surface area contributed by atoms with Crippen molar-refractivity contribution in [1.82, 2.24) is 9.55 Å². The van der Waals surface area contributed by atoms with E-state index in [1.807, 2.05) is 73.3 Å². The summed E-state index contributed by atoms with van der Waals surface area (Å²) in [5.41, 5.74) is 5.07. The monoisotopic (exact) mass is 565 g/mol. The van der Waals surface area contributed by atoms with Gasteiger partial charge in [-0.15, -0.1) is 0 Å². The summed E-state index contributed by atoms with van der Waals surface area (Å²) in [5.74, 6) is 2.03. The lowest BCUT2D eigenvalue weighted by molar-refractivity contribution is -0.117. The molecule has 0 radical (unpaired) electrons. The van der Waals surface area contributed by atoms with Crippen molar-refractivity contribution in [2.45, 2.75) is 45.6 Å². The fraction of sp³-hybridized carbons (Fsp3) is 0.310. The van der Waals surface area contributed by atoms with Gasteiger partial charge >= 0.3 is 0 Å². The van der Waals surface area contributed by atoms with Crippen LogP contribution >= 0.6 is 27.5 Å². The molecule has 1 amide bonds. The van der Waals surface area contributed by atoms with E-state index in [9.17, 15) is 4.79 Å². The SMILES string of the molecule is Cc1cc(OCCCCn2c(C3CC(=O)N(c4ccccc4Br)C3)nc3ccccc32)cc(C)c1Cl. The molecule has 0 spiro atoms. The molecule has 1 atom stereocenters. The molecule has 1 aromatic heterocycles. The van der Waals surface area contributed by atoms with Crippen LogP contribution in [-0.2, 0) is 11.3 Å². The molecular formula is C29H29BrClN3O2. The van der Waals surface area contributed by atoms with Crippen LogP contribution in [0.5, 0.6) is 5.75 Å². The number of halogens is 2. The number of carbonyl (C=O) groups is 1. The Bertz CT molecular complexity index is 1390. The zero-order valence-corrected chi connectivity index (χ0v) is 22.8. The van der Waals surface area contributed by atoms with Crippen molar-refractivity contribution in [3.8, 4) is 5.75 Å². The van der Waals surface area contributed by atoms with Gasteiger partial charge in [0.1, 0.15) is 11.6 Å². The highest BCUT2D eigenvalue weighted by Gasteiger charge is 2.35. The van der Waals surface area contributed by atoms with Crippen molar-refractivity contribution >= 4 is 50.2 Å². The highest BCUT2D eigenvalue weighted by molar-refractivity contribution is 9.10. The summed E-state index contributed by atoms with van der Waals surface area (Å²) in [7, 11) is 0. The lowest BCUT2D eigenvalue weighted by atomic mass is 10.1. The predicted octanol–water partition coefficient (Wildman–Crippen LogP) is 7.45. The van der Waals surface area contributed by atoms with Gasteiger partial charge in [0, 0.05) is 34.9 Å². The minimum atomic E-state index is 0.0493. The van der Waals surface area contributed by atoms with Crippen LogP contribution in [0.15, 0.2) is 65.1 Å². The number of anilines is 1. The Balaban J connectivity index is 1.29. The molecule has 1 fully saturated rings. The summed E-state index contributed by atoms with van der Waals surface area (Å²) in [6.45, 7) is 6.10. The van der Waals surface area contributed by atoms with Crippen LogP contribution in [0.1, 0.15) is 42.1 Å². The smallest absolute Gasteiger partial charge is 0.227 e. The van der Waals surface area contributed by atoms with Crippen molar-refractivity contribution in [2.24, 2.45) is 0 Å². The number of ether oxygens (including phenoxy) is 1. The average Bonchev–Trinajstić information content (AvgIpc) is 3.43. The zero-order chi connectivity index (χ0) is 25.2. The maximum absolute atomic E-state index is 13.0. The summed E-state index contributed by atoms with van der Waals surface area (Å²) in [6, 6.07) is 20.1. The number of amides is 1. The third-order valence-electron chi connectivity index (χ3n) is 6.77. The number of nitrogens with zero attached hydrogens (tertiary/aromatic N) is 3. The van der Waals surface area contributed by atoms with Gasteiger partial charge in [0.25, 0.3) is 0 Å². The van der Waals surface area contributed by atoms with Gasteiger partial charge in [-0.1, -0.05) is 35.9 Å². The Morgan fingerprint density at radius 2 is 1.78 bits per heavy atom. The van der Waals surface area contributed by atoms with E-state index in [1.165, 1.54) is 0 Å². The van der Waals surface area contributed by atoms with E-state index in [4.69, 9.17) is 21.3 Å². The van der Waals surface area contributed by atoms with E-state index < -0.39 is 0 Å². The van der Waals surface area contributed by atoms with E-state index in [0.717, 1.165) is 68.3 Å². The van der Waals surface area contributed by atoms with Crippen molar-refractivity contribution in [1.29, 1.82) is 0 Å². The first-order valence-electron chi connectivity index (χ1n) is 12.3. The van der Waals surface area contributed by atoms with Gasteiger partial charge in [0.2, 0.25) is 5.91 Å². The van der Waals surface area contributed by atoms with E-state index in [1.54, 1.807) is 0 Å². The second kappa shape index (κ2) is 10.7. The Hall–Kier alpha value is -2.83. The third-order valence-corrected chi connectivity index (χ3v) is 8.04. The van der Waals surface area contributed by atoms with Gasteiger partial charge in [0.05, 0.1) is 23.3 Å². The maximum Gasteiger partial charge on any atom is 0.227 e. The van der Waals surface area contributed by atoms with Crippen molar-refractivity contribution < 1.29 is 9.53 Å². The predicted molar refractivity (Wildman–Crippen MR) is 149 cm³/mol. The molecule has 1 aliphatic rings. The first kappa shape index (κ1) is 24.8. The summed E-state index contributed by atoms with van der Waals surface area (Å²) in [6.07, 6.45) is 2.33. The molecule has 5 nitrogen and oxygen atoms in total. The first-order chi connectivity index (χ1) is 17.4. The van der Waals surface area contributed by atoms with Crippen molar-refractivity contribution in [3.63, 3.8) is 0 Å². The molecule has 1 unspecified atom stereocenters. The lowest BCUT2D eigenvalue weighted by Gasteiger charge is -2.19. The molecule has 36 heavy (non-hydrogen) atoms. The van der Waals surface area contributed by atoms with Crippen LogP contribution < -0.4 is 9.64 Å². The minimum absolute atomic E-state index is 0.0493. The third kappa shape index (κ3) is 5.02. The Morgan fingerprint density at radius 3 is 2.56 bits per heavy atom. The van der Waals surface area contributed by atoms with Gasteiger partial charge in [-0.25, -0.2) is 4.98 Å². The number of aryl methyl sites for hydroxylation is 3. The Labute approximate surface area is 225 Å². The van der Waals surface area contributed by atoms with Crippen molar-refractivity contribution in [2.75, 3.05) is 18.1 Å². The fourth-order valence-corrected chi connectivity index (χ4v) is 5.58. The highest BCUT2D eigenvalue weighted by Crippen LogP contribution is 2.36. The molecule has 5 rings (SSSR count). The largest absolute Gasteiger partial charge is 0.494 e. The number of unbranched alkanes of at least 4 members (excludes halogenated alkanes) is 1. The first-order valence-corrected chi connectivity index (χ1v) is 13.5. The average molecular weight is 567 g/mol. The molecule has 7 heteroatoms. The molecule has 1 aliphatic heterocycles. The molecule has 186 valence electrons. The van der Waals surface area contributed by atoms with Gasteiger partial charge in [-0.2, -0.15) is 0 Å². The van der Waals surface area contributed by atoms with Crippen molar-refractivity contribution in [3.05, 3.63) is 87.1 Å². The van der Waals surface area contributed by atoms with Crippen LogP contribution in [-0.4, -0.2) is 28.6 Å². The number of hydrogen-bond acceptors (Lipinski definition) is 3. The van der Waals surface area contributed by atoms with Gasteiger partial charge in [0.15, 0.2) is 0 Å². The molecule has 2 heterocycles. The molecule has 0 aliphatic carbocycles. The number of hydrogen-bond donors (Lipinski definition) is 0. The quantitative estimate of drug-likeness (QED) is 0.208. The molecule has 3 aromatic carbocycles. The topological polar surface area (TPSA) is 47.4 Å². The Kier molecular flexibility index (Phi) is 7.35. The van der Waals surface area contributed by atoms with Crippen LogP contribution in [0, 0.1) is 13.8 Å². The van der Waals surface area contributed by atoms with Crippen LogP contribution in [0.2, 0.25) is 5.02 Å². The normalized spacial score (nSPS) is 15.7. The number of rotatable bonds is 8. The van der Waals surface area contributed by atoms with E-state index in [-0.39, 0.29) is 11.8 Å². The van der Waals surface area contributed by atoms with Crippen LogP contribution in [0.3, 0.4) is 0 Å². The molecule has 1 saturated heterocycles. The van der Waals surface area contributed by atoms with Crippen LogP contribution in [0.4, 0.5) is 5.69 Å². The Morgan fingerprint density at radius 1 is 1.06 bits per heavy atom. The number of aromatic nitrogens is 2. The second-order valence-electron chi connectivity index (χ2n) is 9.39. The summed E-state index contributed by atoms with van der Waals surface area (Å²) >= 11 is 9.87.